The molecule has 3 N–H and O–H groups in total. The van der Waals surface area contributed by atoms with E-state index < -0.39 is 5.54 Å². The number of carbonyl (C=O) groups excluding carboxylic acids is 1. The average molecular weight is 367 g/mol. The molecule has 7 heteroatoms. The maximum Gasteiger partial charge on any atom is 0.246 e. The van der Waals surface area contributed by atoms with Gasteiger partial charge in [-0.05, 0) is 38.8 Å². The zero-order valence-electron chi connectivity index (χ0n) is 14.0. The van der Waals surface area contributed by atoms with Crippen molar-refractivity contribution < 1.29 is 4.79 Å². The summed E-state index contributed by atoms with van der Waals surface area (Å²) in [5, 5.41) is 12.5. The Hall–Kier alpha value is -1.50. The van der Waals surface area contributed by atoms with Gasteiger partial charge in [-0.1, -0.05) is 47.8 Å². The third-order valence-electron chi connectivity index (χ3n) is 4.31. The molecule has 1 fully saturated rings. The lowest BCUT2D eigenvalue weighted by Gasteiger charge is -2.31. The standard InChI is InChI=1S/C17H22N4OS.ClH/c1-11-8-12(2)10-13(9-11)14-20-21-16(23-14)19-15(22)17(18)6-4-3-5-7-17;/h8-10H,3-7,18H2,1-2H3,(H,19,21,22);1H. The van der Waals surface area contributed by atoms with E-state index in [2.05, 4.69) is 47.6 Å². The first-order valence-electron chi connectivity index (χ1n) is 7.99. The minimum Gasteiger partial charge on any atom is -0.317 e. The largest absolute Gasteiger partial charge is 0.317 e. The number of nitrogens with two attached hydrogens (primary N) is 1. The first-order chi connectivity index (χ1) is 11.0. The Labute approximate surface area is 152 Å². The van der Waals surface area contributed by atoms with Crippen LogP contribution in [0.25, 0.3) is 10.6 Å². The Morgan fingerprint density at radius 1 is 1.12 bits per heavy atom. The fourth-order valence-corrected chi connectivity index (χ4v) is 3.85. The molecule has 0 aliphatic heterocycles. The molecular formula is C17H23ClN4OS. The van der Waals surface area contributed by atoms with Crippen LogP contribution in [0.3, 0.4) is 0 Å². The number of nitrogens with one attached hydrogen (secondary N) is 1. The van der Waals surface area contributed by atoms with Gasteiger partial charge in [-0.2, -0.15) is 0 Å². The molecule has 0 spiro atoms. The molecular weight excluding hydrogens is 344 g/mol. The number of amides is 1. The maximum absolute atomic E-state index is 12.4. The smallest absolute Gasteiger partial charge is 0.246 e. The lowest BCUT2D eigenvalue weighted by Crippen LogP contribution is -2.52. The van der Waals surface area contributed by atoms with Crippen molar-refractivity contribution in [2.45, 2.75) is 51.5 Å². The van der Waals surface area contributed by atoms with E-state index >= 15 is 0 Å². The molecule has 0 unspecified atom stereocenters. The van der Waals surface area contributed by atoms with Crippen LogP contribution in [0.1, 0.15) is 43.2 Å². The van der Waals surface area contributed by atoms with E-state index in [1.54, 1.807) is 0 Å². The van der Waals surface area contributed by atoms with Crippen LogP contribution in [0.5, 0.6) is 0 Å². The minimum atomic E-state index is -0.760. The maximum atomic E-state index is 12.4. The Morgan fingerprint density at radius 3 is 2.38 bits per heavy atom. The van der Waals surface area contributed by atoms with E-state index in [1.807, 2.05) is 0 Å². The van der Waals surface area contributed by atoms with Gasteiger partial charge >= 0.3 is 0 Å². The van der Waals surface area contributed by atoms with Crippen molar-refractivity contribution >= 4 is 34.8 Å². The highest BCUT2D eigenvalue weighted by Crippen LogP contribution is 2.30. The zero-order chi connectivity index (χ0) is 16.4. The fraction of sp³-hybridized carbons (Fsp3) is 0.471. The highest BCUT2D eigenvalue weighted by atomic mass is 35.5. The third kappa shape index (κ3) is 4.12. The summed E-state index contributed by atoms with van der Waals surface area (Å²) in [6.07, 6.45) is 4.65. The van der Waals surface area contributed by atoms with Gasteiger partial charge in [0.15, 0.2) is 0 Å². The van der Waals surface area contributed by atoms with Crippen LogP contribution in [0.4, 0.5) is 5.13 Å². The van der Waals surface area contributed by atoms with Gasteiger partial charge in [-0.3, -0.25) is 10.1 Å². The molecule has 1 aliphatic rings. The number of anilines is 1. The number of rotatable bonds is 3. The molecule has 1 aliphatic carbocycles. The number of nitrogens with zero attached hydrogens (tertiary/aromatic N) is 2. The monoisotopic (exact) mass is 366 g/mol. The predicted molar refractivity (Wildman–Crippen MR) is 101 cm³/mol. The summed E-state index contributed by atoms with van der Waals surface area (Å²) >= 11 is 1.38. The number of carbonyl (C=O) groups is 1. The van der Waals surface area contributed by atoms with Crippen molar-refractivity contribution in [1.29, 1.82) is 0 Å². The second kappa shape index (κ2) is 7.59. The molecule has 5 nitrogen and oxygen atoms in total. The molecule has 130 valence electrons. The molecule has 2 aromatic rings. The topological polar surface area (TPSA) is 80.9 Å². The third-order valence-corrected chi connectivity index (χ3v) is 5.20. The first-order valence-corrected chi connectivity index (χ1v) is 8.80. The summed E-state index contributed by atoms with van der Waals surface area (Å²) in [7, 11) is 0. The summed E-state index contributed by atoms with van der Waals surface area (Å²) in [6, 6.07) is 6.27. The Bertz CT molecular complexity index is 705. The molecule has 1 aromatic carbocycles. The summed E-state index contributed by atoms with van der Waals surface area (Å²) in [6.45, 7) is 4.11. The SMILES string of the molecule is Cc1cc(C)cc(-c2nnc(NC(=O)C3(N)CCCCC3)s2)c1.Cl. The summed E-state index contributed by atoms with van der Waals surface area (Å²) in [5.41, 5.74) is 8.89. The van der Waals surface area contributed by atoms with Gasteiger partial charge in [0.2, 0.25) is 11.0 Å². The normalized spacial score (nSPS) is 16.3. The van der Waals surface area contributed by atoms with Crippen molar-refractivity contribution in [2.24, 2.45) is 5.73 Å². The molecule has 0 bridgehead atoms. The molecule has 0 radical (unpaired) electrons. The van der Waals surface area contributed by atoms with Crippen molar-refractivity contribution in [3.8, 4) is 10.6 Å². The molecule has 1 aromatic heterocycles. The number of hydrogen-bond donors (Lipinski definition) is 2. The number of hydrogen-bond acceptors (Lipinski definition) is 5. The second-order valence-electron chi connectivity index (χ2n) is 6.46. The average Bonchev–Trinajstić information content (AvgIpc) is 2.95. The fourth-order valence-electron chi connectivity index (χ4n) is 3.12. The van der Waals surface area contributed by atoms with E-state index in [1.165, 1.54) is 22.5 Å². The van der Waals surface area contributed by atoms with Crippen molar-refractivity contribution in [2.75, 3.05) is 5.32 Å². The van der Waals surface area contributed by atoms with Crippen LogP contribution in [-0.2, 0) is 4.79 Å². The second-order valence-corrected chi connectivity index (χ2v) is 7.44. The van der Waals surface area contributed by atoms with Crippen LogP contribution >= 0.6 is 23.7 Å². The van der Waals surface area contributed by atoms with Gasteiger partial charge in [0.25, 0.3) is 0 Å². The summed E-state index contributed by atoms with van der Waals surface area (Å²) < 4.78 is 0. The number of benzene rings is 1. The van der Waals surface area contributed by atoms with E-state index in [0.717, 1.165) is 42.7 Å². The van der Waals surface area contributed by atoms with Crippen molar-refractivity contribution in [3.63, 3.8) is 0 Å². The molecule has 24 heavy (non-hydrogen) atoms. The quantitative estimate of drug-likeness (QED) is 0.864. The number of aryl methyl sites for hydroxylation is 2. The zero-order valence-corrected chi connectivity index (χ0v) is 15.6. The van der Waals surface area contributed by atoms with Gasteiger partial charge in [0.05, 0.1) is 5.54 Å². The van der Waals surface area contributed by atoms with Crippen LogP contribution in [0, 0.1) is 13.8 Å². The van der Waals surface area contributed by atoms with Gasteiger partial charge in [0.1, 0.15) is 5.01 Å². The molecule has 0 saturated heterocycles. The van der Waals surface area contributed by atoms with E-state index in [4.69, 9.17) is 5.73 Å². The Morgan fingerprint density at radius 2 is 1.75 bits per heavy atom. The van der Waals surface area contributed by atoms with Crippen molar-refractivity contribution in [3.05, 3.63) is 29.3 Å². The van der Waals surface area contributed by atoms with Gasteiger partial charge in [-0.25, -0.2) is 0 Å². The van der Waals surface area contributed by atoms with Gasteiger partial charge in [0, 0.05) is 5.56 Å². The van der Waals surface area contributed by atoms with Crippen LogP contribution < -0.4 is 11.1 Å². The summed E-state index contributed by atoms with van der Waals surface area (Å²) in [5.74, 6) is -0.139. The lowest BCUT2D eigenvalue weighted by atomic mass is 9.82. The molecule has 1 saturated carbocycles. The predicted octanol–water partition coefficient (Wildman–Crippen LogP) is 3.84. The lowest BCUT2D eigenvalue weighted by molar-refractivity contribution is -0.122. The van der Waals surface area contributed by atoms with Gasteiger partial charge < -0.3 is 5.73 Å². The Balaban J connectivity index is 0.00000208. The first kappa shape index (κ1) is 18.8. The number of halogens is 1. The Kier molecular flexibility index (Phi) is 5.96. The molecule has 1 heterocycles. The molecule has 0 atom stereocenters. The minimum absolute atomic E-state index is 0. The van der Waals surface area contributed by atoms with E-state index in [9.17, 15) is 4.79 Å². The van der Waals surface area contributed by atoms with Crippen LogP contribution in [0.15, 0.2) is 18.2 Å². The van der Waals surface area contributed by atoms with E-state index in [-0.39, 0.29) is 18.3 Å². The summed E-state index contributed by atoms with van der Waals surface area (Å²) in [4.78, 5) is 12.4. The van der Waals surface area contributed by atoms with Crippen LogP contribution in [-0.4, -0.2) is 21.6 Å². The van der Waals surface area contributed by atoms with E-state index in [0.29, 0.717) is 5.13 Å². The van der Waals surface area contributed by atoms with Crippen molar-refractivity contribution in [1.82, 2.24) is 10.2 Å². The number of aromatic nitrogens is 2. The van der Waals surface area contributed by atoms with Crippen LogP contribution in [0.2, 0.25) is 0 Å². The van der Waals surface area contributed by atoms with Gasteiger partial charge in [-0.15, -0.1) is 22.6 Å². The molecule has 1 amide bonds. The molecule has 3 rings (SSSR count). The highest BCUT2D eigenvalue weighted by Gasteiger charge is 2.35. The highest BCUT2D eigenvalue weighted by molar-refractivity contribution is 7.18.